The Hall–Kier alpha value is 4.44. The van der Waals surface area contributed by atoms with Gasteiger partial charge in [0, 0.05) is 0 Å². The van der Waals surface area contributed by atoms with Crippen LogP contribution in [0.1, 0.15) is 11.1 Å². The fraction of sp³-hybridized carbons (Fsp3) is 0.571. The smallest absolute Gasteiger partial charge is 0.0943 e. The molecule has 0 saturated heterocycles. The first-order chi connectivity index (χ1) is 13.7. The first-order valence-corrected chi connectivity index (χ1v) is 13.9. The molecule has 1 aromatic rings. The van der Waals surface area contributed by atoms with Crippen molar-refractivity contribution in [1.82, 2.24) is 0 Å². The van der Waals surface area contributed by atoms with E-state index in [9.17, 15) is 0 Å². The molecule has 1 aromatic carbocycles. The summed E-state index contributed by atoms with van der Waals surface area (Å²) >= 11 is 110. The van der Waals surface area contributed by atoms with Crippen LogP contribution in [-0.2, 0) is 8.67 Å². The molecule has 0 bridgehead atoms. The number of alkyl halides is 18. The summed E-state index contributed by atoms with van der Waals surface area (Å²) in [7, 11) is 0. The molecule has 0 unspecified atom stereocenters. The van der Waals surface area contributed by atoms with E-state index in [1.807, 2.05) is 0 Å². The molecular formula is C14H3Cl18. The van der Waals surface area contributed by atoms with Gasteiger partial charge in [0.05, 0.1) is 0 Å². The lowest BCUT2D eigenvalue weighted by Crippen LogP contribution is -2.55. The number of rotatable bonds is 6. The summed E-state index contributed by atoms with van der Waals surface area (Å²) in [5.41, 5.74) is -0.348. The van der Waals surface area contributed by atoms with E-state index in [0.717, 1.165) is 6.07 Å². The highest BCUT2D eigenvalue weighted by molar-refractivity contribution is 6.81. The molecule has 0 atom stereocenters. The normalized spacial score (nSPS) is 15.8. The largest absolute Gasteiger partial charge is 0.226 e. The van der Waals surface area contributed by atoms with Gasteiger partial charge < -0.3 is 0 Å². The monoisotopic (exact) mass is 800 g/mol. The van der Waals surface area contributed by atoms with Crippen LogP contribution in [0.15, 0.2) is 18.2 Å². The Morgan fingerprint density at radius 2 is 0.812 bits per heavy atom. The van der Waals surface area contributed by atoms with Crippen molar-refractivity contribution < 1.29 is 0 Å². The minimum Gasteiger partial charge on any atom is -0.0943 e. The van der Waals surface area contributed by atoms with E-state index >= 15 is 0 Å². The molecule has 0 aliphatic carbocycles. The van der Waals surface area contributed by atoms with Gasteiger partial charge in [-0.1, -0.05) is 221 Å². The van der Waals surface area contributed by atoms with Crippen molar-refractivity contribution in [2.75, 3.05) is 0 Å². The van der Waals surface area contributed by atoms with E-state index < -0.39 is 33.6 Å². The van der Waals surface area contributed by atoms with E-state index in [1.165, 1.54) is 12.1 Å². The van der Waals surface area contributed by atoms with Gasteiger partial charge in [-0.05, 0) is 23.3 Å². The van der Waals surface area contributed by atoms with Gasteiger partial charge in [-0.25, -0.2) is 0 Å². The molecule has 0 aliphatic rings. The SMILES string of the molecule is ClC(Cl)(Cl)C(Cl)(Cl)C(Cl)(Cl)C(Cl)(Cl)c1[c]ccc(C(Cl)(Cl)C(Cl)(Cl)C(Cl)(Cl)C(Cl)(Cl)Cl)c1. The van der Waals surface area contributed by atoms with Crippen LogP contribution in [0.5, 0.6) is 0 Å². The van der Waals surface area contributed by atoms with Gasteiger partial charge in [0.1, 0.15) is 0 Å². The number of hydrogen-bond donors (Lipinski definition) is 0. The Kier molecular flexibility index (Phi) is 11.6. The molecule has 0 N–H and O–H groups in total. The van der Waals surface area contributed by atoms with Crippen LogP contribution in [-0.4, -0.2) is 24.9 Å². The summed E-state index contributed by atoms with van der Waals surface area (Å²) in [4.78, 5) is 0. The fourth-order valence-electron chi connectivity index (χ4n) is 1.94. The summed E-state index contributed by atoms with van der Waals surface area (Å²) in [6.45, 7) is 0. The number of hydrogen-bond acceptors (Lipinski definition) is 0. The summed E-state index contributed by atoms with van der Waals surface area (Å²) in [6.07, 6.45) is 0. The topological polar surface area (TPSA) is 0 Å². The third-order valence-electron chi connectivity index (χ3n) is 3.79. The van der Waals surface area contributed by atoms with Crippen molar-refractivity contribution in [2.45, 2.75) is 33.6 Å². The molecule has 18 heteroatoms. The van der Waals surface area contributed by atoms with Crippen LogP contribution in [0.25, 0.3) is 0 Å². The second-order valence-corrected chi connectivity index (χ2v) is 18.5. The molecule has 0 fully saturated rings. The van der Waals surface area contributed by atoms with Crippen LogP contribution in [0, 0.1) is 6.07 Å². The Bertz CT molecular complexity index is 762. The summed E-state index contributed by atoms with van der Waals surface area (Å²) in [6, 6.07) is 6.27. The molecule has 0 saturated carbocycles. The van der Waals surface area contributed by atoms with E-state index in [2.05, 4.69) is 6.07 Å². The van der Waals surface area contributed by atoms with Gasteiger partial charge >= 0.3 is 0 Å². The lowest BCUT2D eigenvalue weighted by atomic mass is 9.99. The third kappa shape index (κ3) is 5.95. The van der Waals surface area contributed by atoms with Crippen LogP contribution < -0.4 is 0 Å². The third-order valence-corrected chi connectivity index (χ3v) is 14.7. The summed E-state index contributed by atoms with van der Waals surface area (Å²) in [5, 5.41) is 0. The number of halogens is 18. The van der Waals surface area contributed by atoms with Crippen LogP contribution in [0.4, 0.5) is 0 Å². The van der Waals surface area contributed by atoms with Gasteiger partial charge in [0.15, 0.2) is 17.3 Å². The molecule has 1 radical (unpaired) electrons. The lowest BCUT2D eigenvalue weighted by molar-refractivity contribution is 0.589. The second-order valence-electron chi connectivity index (χ2n) is 5.93. The average Bonchev–Trinajstić information content (AvgIpc) is 2.59. The molecule has 0 spiro atoms. The molecular weight excluding hydrogens is 806 g/mol. The van der Waals surface area contributed by atoms with Gasteiger partial charge in [-0.3, -0.25) is 0 Å². The standard InChI is InChI=1S/C14H3Cl18/c15-7(16,9(19,20)11(23,24)13(27,28)29)5-2-1-3-6(4-5)8(17,18)10(21,22)12(25,26)14(30,31)32/h1-2,4H. The zero-order chi connectivity index (χ0) is 26.0. The van der Waals surface area contributed by atoms with Crippen molar-refractivity contribution >= 4 is 209 Å². The minimum atomic E-state index is -2.59. The highest BCUT2D eigenvalue weighted by atomic mass is 35.6. The Labute approximate surface area is 274 Å². The molecule has 0 heterocycles. The molecule has 0 aliphatic heterocycles. The first kappa shape index (κ1) is 34.5. The maximum atomic E-state index is 6.42. The van der Waals surface area contributed by atoms with Crippen LogP contribution in [0.2, 0.25) is 0 Å². The van der Waals surface area contributed by atoms with Crippen molar-refractivity contribution in [3.8, 4) is 0 Å². The van der Waals surface area contributed by atoms with Crippen LogP contribution >= 0.6 is 209 Å². The number of benzene rings is 1. The first-order valence-electron chi connectivity index (χ1n) is 7.14. The predicted molar refractivity (Wildman–Crippen MR) is 150 cm³/mol. The Balaban J connectivity index is 3.68. The maximum absolute atomic E-state index is 6.42. The molecule has 32 heavy (non-hydrogen) atoms. The molecule has 0 nitrogen and oxygen atoms in total. The van der Waals surface area contributed by atoms with Crippen molar-refractivity contribution in [3.05, 3.63) is 35.4 Å². The zero-order valence-electron chi connectivity index (χ0n) is 14.0. The Morgan fingerprint density at radius 1 is 0.469 bits per heavy atom. The highest BCUT2D eigenvalue weighted by Crippen LogP contribution is 2.67. The predicted octanol–water partition coefficient (Wildman–Crippen LogP) is 12.2. The van der Waals surface area contributed by atoms with Crippen LogP contribution in [0.3, 0.4) is 0 Å². The quantitative estimate of drug-likeness (QED) is 0.251. The zero-order valence-corrected chi connectivity index (χ0v) is 27.6. The van der Waals surface area contributed by atoms with Crippen molar-refractivity contribution in [3.63, 3.8) is 0 Å². The van der Waals surface area contributed by atoms with Crippen molar-refractivity contribution in [2.24, 2.45) is 0 Å². The lowest BCUT2D eigenvalue weighted by Gasteiger charge is -2.45. The van der Waals surface area contributed by atoms with Gasteiger partial charge in [-0.15, -0.1) is 0 Å². The molecule has 1 rings (SSSR count). The highest BCUT2D eigenvalue weighted by Gasteiger charge is 2.70. The van der Waals surface area contributed by atoms with Gasteiger partial charge in [0.25, 0.3) is 0 Å². The van der Waals surface area contributed by atoms with E-state index in [-0.39, 0.29) is 11.1 Å². The summed E-state index contributed by atoms with van der Waals surface area (Å²) < 4.78 is -20.0. The fourth-order valence-corrected chi connectivity index (χ4v) is 6.34. The minimum absolute atomic E-state index is 0.127. The molecule has 185 valence electrons. The van der Waals surface area contributed by atoms with E-state index in [0.29, 0.717) is 0 Å². The van der Waals surface area contributed by atoms with Gasteiger partial charge in [0.2, 0.25) is 16.3 Å². The second kappa shape index (κ2) is 10.8. The summed E-state index contributed by atoms with van der Waals surface area (Å²) in [5.74, 6) is 0. The van der Waals surface area contributed by atoms with E-state index in [4.69, 9.17) is 209 Å². The van der Waals surface area contributed by atoms with E-state index in [1.54, 1.807) is 0 Å². The average molecular weight is 809 g/mol. The molecule has 0 amide bonds. The van der Waals surface area contributed by atoms with Crippen molar-refractivity contribution in [1.29, 1.82) is 0 Å². The Morgan fingerprint density at radius 3 is 1.16 bits per heavy atom. The molecule has 0 aromatic heterocycles. The van der Waals surface area contributed by atoms with Gasteiger partial charge in [-0.2, -0.15) is 0 Å². The maximum Gasteiger partial charge on any atom is 0.226 e.